The van der Waals surface area contributed by atoms with E-state index in [0.29, 0.717) is 22.2 Å². The second kappa shape index (κ2) is 6.81. The number of rotatable bonds is 4. The van der Waals surface area contributed by atoms with Crippen LogP contribution in [0.15, 0.2) is 60.8 Å². The highest BCUT2D eigenvalue weighted by Gasteiger charge is 2.15. The Hall–Kier alpha value is -3.46. The minimum absolute atomic E-state index is 0.354. The molecule has 0 atom stereocenters. The van der Waals surface area contributed by atoms with Crippen LogP contribution in [0.5, 0.6) is 0 Å². The maximum absolute atomic E-state index is 13.3. The van der Waals surface area contributed by atoms with E-state index < -0.39 is 5.82 Å². The molecule has 128 valence electrons. The van der Waals surface area contributed by atoms with Crippen molar-refractivity contribution < 1.29 is 9.18 Å². The van der Waals surface area contributed by atoms with Crippen molar-refractivity contribution in [1.82, 2.24) is 24.5 Å². The summed E-state index contributed by atoms with van der Waals surface area (Å²) >= 11 is 1.23. The van der Waals surface area contributed by atoms with Gasteiger partial charge < -0.3 is 0 Å². The molecular formula is C17H11FN6OS. The summed E-state index contributed by atoms with van der Waals surface area (Å²) in [6.45, 7) is 0. The summed E-state index contributed by atoms with van der Waals surface area (Å²) in [5.41, 5.74) is 2.03. The maximum Gasteiger partial charge on any atom is 0.276 e. The Labute approximate surface area is 151 Å². The third-order valence-corrected chi connectivity index (χ3v) is 4.28. The quantitative estimate of drug-likeness (QED) is 0.600. The summed E-state index contributed by atoms with van der Waals surface area (Å²) in [4.78, 5) is 28.9. The molecule has 0 unspecified atom stereocenters. The van der Waals surface area contributed by atoms with Crippen LogP contribution in [0.1, 0.15) is 10.5 Å². The largest absolute Gasteiger partial charge is 0.296 e. The van der Waals surface area contributed by atoms with Crippen LogP contribution in [0.3, 0.4) is 0 Å². The number of thiazole rings is 1. The highest BCUT2D eigenvalue weighted by molar-refractivity contribution is 7.14. The van der Waals surface area contributed by atoms with Gasteiger partial charge in [0.25, 0.3) is 5.91 Å². The normalized spacial score (nSPS) is 10.7. The molecule has 0 aliphatic rings. The van der Waals surface area contributed by atoms with Gasteiger partial charge in [0.2, 0.25) is 0 Å². The van der Waals surface area contributed by atoms with E-state index in [1.165, 1.54) is 35.9 Å². The smallest absolute Gasteiger partial charge is 0.276 e. The lowest BCUT2D eigenvalue weighted by Crippen LogP contribution is -2.16. The van der Waals surface area contributed by atoms with Crippen LogP contribution in [-0.4, -0.2) is 30.4 Å². The number of hydrogen-bond acceptors (Lipinski definition) is 6. The minimum atomic E-state index is -0.394. The lowest BCUT2D eigenvalue weighted by atomic mass is 10.3. The molecule has 0 saturated carbocycles. The van der Waals surface area contributed by atoms with Crippen molar-refractivity contribution in [2.24, 2.45) is 0 Å². The van der Waals surface area contributed by atoms with Crippen molar-refractivity contribution in [3.05, 3.63) is 72.3 Å². The topological polar surface area (TPSA) is 85.6 Å². The molecule has 7 nitrogen and oxygen atoms in total. The first kappa shape index (κ1) is 16.0. The van der Waals surface area contributed by atoms with E-state index in [1.807, 2.05) is 0 Å². The molecule has 0 aromatic carbocycles. The Morgan fingerprint density at radius 3 is 2.77 bits per heavy atom. The summed E-state index contributed by atoms with van der Waals surface area (Å²) < 4.78 is 15.0. The summed E-state index contributed by atoms with van der Waals surface area (Å²) in [6.07, 6.45) is 7.66. The van der Waals surface area contributed by atoms with Gasteiger partial charge in [-0.3, -0.25) is 24.6 Å². The average molecular weight is 366 g/mol. The molecule has 26 heavy (non-hydrogen) atoms. The first-order valence-electron chi connectivity index (χ1n) is 7.52. The Bertz CT molecular complexity index is 1060. The molecule has 0 radical (unpaired) electrons. The van der Waals surface area contributed by atoms with Crippen LogP contribution in [0, 0.1) is 5.82 Å². The molecule has 0 saturated heterocycles. The molecule has 0 spiro atoms. The number of nitrogens with one attached hydrogen (secondary N) is 1. The summed E-state index contributed by atoms with van der Waals surface area (Å²) in [5.74, 6) is -0.748. The predicted octanol–water partition coefficient (Wildman–Crippen LogP) is 3.18. The Kier molecular flexibility index (Phi) is 4.20. The molecule has 4 aromatic heterocycles. The van der Waals surface area contributed by atoms with Gasteiger partial charge in [0, 0.05) is 30.0 Å². The third-order valence-electron chi connectivity index (χ3n) is 3.52. The number of aromatic nitrogens is 5. The van der Waals surface area contributed by atoms with E-state index in [9.17, 15) is 9.18 Å². The molecule has 9 heteroatoms. The average Bonchev–Trinajstić information content (AvgIpc) is 3.32. The molecule has 4 aromatic rings. The van der Waals surface area contributed by atoms with Crippen molar-refractivity contribution in [3.8, 4) is 17.1 Å². The molecule has 1 amide bonds. The highest BCUT2D eigenvalue weighted by Crippen LogP contribution is 2.24. The first-order valence-corrected chi connectivity index (χ1v) is 8.40. The van der Waals surface area contributed by atoms with E-state index in [4.69, 9.17) is 0 Å². The van der Waals surface area contributed by atoms with E-state index in [1.54, 1.807) is 40.8 Å². The minimum Gasteiger partial charge on any atom is -0.296 e. The van der Waals surface area contributed by atoms with Crippen molar-refractivity contribution >= 4 is 22.4 Å². The number of pyridine rings is 2. The fourth-order valence-electron chi connectivity index (χ4n) is 2.33. The maximum atomic E-state index is 13.3. The zero-order chi connectivity index (χ0) is 17.9. The number of amides is 1. The number of nitrogens with zero attached hydrogens (tertiary/aromatic N) is 5. The first-order chi connectivity index (χ1) is 12.7. The van der Waals surface area contributed by atoms with Gasteiger partial charge in [-0.15, -0.1) is 11.3 Å². The molecule has 0 bridgehead atoms. The van der Waals surface area contributed by atoms with Crippen LogP contribution >= 0.6 is 11.3 Å². The number of halogens is 1. The molecule has 1 N–H and O–H groups in total. The summed E-state index contributed by atoms with van der Waals surface area (Å²) in [5, 5.41) is 4.82. The Morgan fingerprint density at radius 2 is 1.96 bits per heavy atom. The van der Waals surface area contributed by atoms with Crippen molar-refractivity contribution in [2.45, 2.75) is 0 Å². The molecule has 4 rings (SSSR count). The van der Waals surface area contributed by atoms with Gasteiger partial charge in [-0.05, 0) is 18.2 Å². The van der Waals surface area contributed by atoms with Crippen LogP contribution in [0.25, 0.3) is 17.1 Å². The van der Waals surface area contributed by atoms with E-state index >= 15 is 0 Å². The van der Waals surface area contributed by atoms with Gasteiger partial charge in [0.15, 0.2) is 5.13 Å². The van der Waals surface area contributed by atoms with Gasteiger partial charge in [-0.1, -0.05) is 0 Å². The second-order valence-electron chi connectivity index (χ2n) is 5.21. The lowest BCUT2D eigenvalue weighted by Gasteiger charge is -2.07. The zero-order valence-corrected chi connectivity index (χ0v) is 14.0. The molecule has 4 heterocycles. The number of hydrogen-bond donors (Lipinski definition) is 1. The fraction of sp³-hybridized carbons (Fsp3) is 0. The van der Waals surface area contributed by atoms with Crippen molar-refractivity contribution in [3.63, 3.8) is 0 Å². The van der Waals surface area contributed by atoms with Gasteiger partial charge in [-0.25, -0.2) is 14.4 Å². The molecule has 0 fully saturated rings. The number of imidazole rings is 1. The molecular weight excluding hydrogens is 355 g/mol. The molecule has 0 aliphatic carbocycles. The number of anilines is 1. The second-order valence-corrected chi connectivity index (χ2v) is 6.06. The van der Waals surface area contributed by atoms with Gasteiger partial charge in [0.05, 0.1) is 23.9 Å². The van der Waals surface area contributed by atoms with Crippen molar-refractivity contribution in [1.29, 1.82) is 0 Å². The van der Waals surface area contributed by atoms with Crippen LogP contribution in [0.2, 0.25) is 0 Å². The number of carbonyl (C=O) groups is 1. The van der Waals surface area contributed by atoms with Crippen molar-refractivity contribution in [2.75, 3.05) is 5.32 Å². The Balaban J connectivity index is 1.56. The number of carbonyl (C=O) groups excluding carboxylic acids is 1. The fourth-order valence-corrected chi connectivity index (χ4v) is 3.03. The monoisotopic (exact) mass is 366 g/mol. The van der Waals surface area contributed by atoms with Crippen LogP contribution < -0.4 is 5.32 Å². The zero-order valence-electron chi connectivity index (χ0n) is 13.2. The standard InChI is InChI=1S/C17H11FN6OS/c18-11-1-6-21-13(7-11)14-9-26-17(22-14)23-16(25)15-8-20-10-24(15)12-2-4-19-5-3-12/h1-10H,(H,22,23,25). The van der Waals surface area contributed by atoms with Gasteiger partial charge in [0.1, 0.15) is 17.2 Å². The Morgan fingerprint density at radius 1 is 1.12 bits per heavy atom. The van der Waals surface area contributed by atoms with E-state index in [-0.39, 0.29) is 5.91 Å². The van der Waals surface area contributed by atoms with Crippen LogP contribution in [0.4, 0.5) is 9.52 Å². The van der Waals surface area contributed by atoms with Gasteiger partial charge >= 0.3 is 0 Å². The van der Waals surface area contributed by atoms with E-state index in [2.05, 4.69) is 25.3 Å². The van der Waals surface area contributed by atoms with E-state index in [0.717, 1.165) is 5.69 Å². The highest BCUT2D eigenvalue weighted by atomic mass is 32.1. The lowest BCUT2D eigenvalue weighted by molar-refractivity contribution is 0.102. The SMILES string of the molecule is O=C(Nc1nc(-c2cc(F)ccn2)cs1)c1cncn1-c1ccncc1. The summed E-state index contributed by atoms with van der Waals surface area (Å²) in [6, 6.07) is 6.10. The third kappa shape index (κ3) is 3.20. The van der Waals surface area contributed by atoms with Gasteiger partial charge in [-0.2, -0.15) is 0 Å². The predicted molar refractivity (Wildman–Crippen MR) is 94.6 cm³/mol. The molecule has 0 aliphatic heterocycles. The summed E-state index contributed by atoms with van der Waals surface area (Å²) in [7, 11) is 0. The van der Waals surface area contributed by atoms with Crippen LogP contribution in [-0.2, 0) is 0 Å².